The summed E-state index contributed by atoms with van der Waals surface area (Å²) < 4.78 is 39.7. The summed E-state index contributed by atoms with van der Waals surface area (Å²) >= 11 is 0. The fraction of sp³-hybridized carbons (Fsp3) is 0.833. The first-order valence-electron chi connectivity index (χ1n) is 6.52. The van der Waals surface area contributed by atoms with Gasteiger partial charge in [0, 0.05) is 0 Å². The lowest BCUT2D eigenvalue weighted by molar-refractivity contribution is -0.158. The second kappa shape index (κ2) is 7.86. The number of ether oxygens (including phenoxy) is 2. The Balaban J connectivity index is 5.95. The highest BCUT2D eigenvalue weighted by molar-refractivity contribution is 7.88. The van der Waals surface area contributed by atoms with Crippen LogP contribution in [-0.2, 0) is 29.2 Å². The predicted molar refractivity (Wildman–Crippen MR) is 75.2 cm³/mol. The van der Waals surface area contributed by atoms with E-state index in [0.29, 0.717) is 0 Å². The molecule has 0 aromatic carbocycles. The quantitative estimate of drug-likeness (QED) is 0.475. The first-order chi connectivity index (χ1) is 9.86. The van der Waals surface area contributed by atoms with Gasteiger partial charge >= 0.3 is 11.9 Å². The lowest BCUT2D eigenvalue weighted by Gasteiger charge is -2.32. The third-order valence-electron chi connectivity index (χ3n) is 2.91. The van der Waals surface area contributed by atoms with Crippen LogP contribution in [0.1, 0.15) is 27.7 Å². The van der Waals surface area contributed by atoms with Crippen molar-refractivity contribution in [3.63, 3.8) is 0 Å². The normalized spacial score (nSPS) is 16.5. The average Bonchev–Trinajstić information content (AvgIpc) is 2.29. The number of aliphatic carboxylic acids is 2. The van der Waals surface area contributed by atoms with Crippen molar-refractivity contribution in [2.75, 3.05) is 13.2 Å². The molecule has 130 valence electrons. The summed E-state index contributed by atoms with van der Waals surface area (Å²) in [5.41, 5.74) is 0. The molecule has 0 aromatic rings. The van der Waals surface area contributed by atoms with E-state index in [2.05, 4.69) is 0 Å². The molecule has 9 nitrogen and oxygen atoms in total. The molecule has 0 rings (SSSR count). The van der Waals surface area contributed by atoms with E-state index < -0.39 is 58.1 Å². The first-order valence-corrected chi connectivity index (χ1v) is 7.96. The highest BCUT2D eigenvalue weighted by Gasteiger charge is 2.60. The van der Waals surface area contributed by atoms with Gasteiger partial charge in [-0.3, -0.25) is 14.1 Å². The van der Waals surface area contributed by atoms with Crippen LogP contribution in [-0.4, -0.2) is 65.3 Å². The molecule has 0 saturated heterocycles. The monoisotopic (exact) mass is 342 g/mol. The zero-order chi connectivity index (χ0) is 17.7. The van der Waals surface area contributed by atoms with Gasteiger partial charge in [-0.25, -0.2) is 0 Å². The maximum atomic E-state index is 11.7. The van der Waals surface area contributed by atoms with E-state index in [4.69, 9.17) is 9.47 Å². The van der Waals surface area contributed by atoms with Crippen LogP contribution in [0.4, 0.5) is 0 Å². The van der Waals surface area contributed by atoms with Gasteiger partial charge in [-0.05, 0) is 27.7 Å². The highest BCUT2D eigenvalue weighted by Crippen LogP contribution is 2.30. The minimum atomic E-state index is -5.30. The molecular formula is C12H22O9S. The molecule has 0 amide bonds. The topological polar surface area (TPSA) is 147 Å². The van der Waals surface area contributed by atoms with Crippen molar-refractivity contribution in [1.82, 2.24) is 0 Å². The molecule has 0 spiro atoms. The van der Waals surface area contributed by atoms with E-state index in [1.807, 2.05) is 0 Å². The van der Waals surface area contributed by atoms with Crippen molar-refractivity contribution >= 4 is 22.1 Å². The van der Waals surface area contributed by atoms with Gasteiger partial charge in [-0.15, -0.1) is 0 Å². The van der Waals surface area contributed by atoms with E-state index in [9.17, 15) is 32.8 Å². The second-order valence-electron chi connectivity index (χ2n) is 5.30. The molecule has 0 aromatic heterocycles. The van der Waals surface area contributed by atoms with E-state index in [0.717, 1.165) is 0 Å². The third kappa shape index (κ3) is 4.90. The number of carboxylic acids is 2. The van der Waals surface area contributed by atoms with Crippen molar-refractivity contribution in [3.8, 4) is 0 Å². The van der Waals surface area contributed by atoms with Crippen molar-refractivity contribution < 1.29 is 42.2 Å². The molecule has 0 saturated carbocycles. The zero-order valence-electron chi connectivity index (χ0n) is 12.8. The van der Waals surface area contributed by atoms with E-state index >= 15 is 0 Å². The molecule has 0 aliphatic rings. The molecular weight excluding hydrogens is 320 g/mol. The maximum Gasteiger partial charge on any atom is 0.331 e. The Bertz CT molecular complexity index is 497. The Labute approximate surface area is 129 Å². The van der Waals surface area contributed by atoms with E-state index in [1.165, 1.54) is 13.8 Å². The van der Waals surface area contributed by atoms with Crippen LogP contribution in [0.15, 0.2) is 0 Å². The number of hydrogen-bond donors (Lipinski definition) is 3. The smallest absolute Gasteiger partial charge is 0.331 e. The minimum Gasteiger partial charge on any atom is -0.481 e. The summed E-state index contributed by atoms with van der Waals surface area (Å²) in [5, 5.41) is 18.5. The van der Waals surface area contributed by atoms with Crippen LogP contribution >= 0.6 is 0 Å². The average molecular weight is 342 g/mol. The summed E-state index contributed by atoms with van der Waals surface area (Å²) in [6, 6.07) is 0. The lowest BCUT2D eigenvalue weighted by atomic mass is 9.92. The lowest BCUT2D eigenvalue weighted by Crippen LogP contribution is -2.60. The third-order valence-corrected chi connectivity index (χ3v) is 4.41. The molecule has 0 heterocycles. The van der Waals surface area contributed by atoms with Crippen LogP contribution in [0, 0.1) is 5.92 Å². The Morgan fingerprint density at radius 1 is 1.05 bits per heavy atom. The Kier molecular flexibility index (Phi) is 7.42. The second-order valence-corrected chi connectivity index (χ2v) is 6.98. The number of rotatable bonds is 10. The summed E-state index contributed by atoms with van der Waals surface area (Å²) in [7, 11) is -5.30. The number of carbonyl (C=O) groups is 2. The minimum absolute atomic E-state index is 0.458. The maximum absolute atomic E-state index is 11.7. The summed E-state index contributed by atoms with van der Waals surface area (Å²) in [4.78, 5) is 22.9. The Morgan fingerprint density at radius 2 is 1.50 bits per heavy atom. The Morgan fingerprint density at radius 3 is 1.77 bits per heavy atom. The molecule has 10 heteroatoms. The van der Waals surface area contributed by atoms with Gasteiger partial charge in [-0.2, -0.15) is 8.42 Å². The molecule has 0 fully saturated rings. The number of hydrogen-bond acceptors (Lipinski definition) is 6. The van der Waals surface area contributed by atoms with Crippen molar-refractivity contribution in [1.29, 1.82) is 0 Å². The molecule has 2 atom stereocenters. The molecule has 0 bridgehead atoms. The van der Waals surface area contributed by atoms with E-state index in [1.54, 1.807) is 13.8 Å². The predicted octanol–water partition coefficient (Wildman–Crippen LogP) is 0.248. The van der Waals surface area contributed by atoms with Gasteiger partial charge in [0.1, 0.15) is 5.92 Å². The summed E-state index contributed by atoms with van der Waals surface area (Å²) in [5.74, 6) is -5.79. The SMILES string of the molecule is CC(C)OCC(C(=O)O)C(COC(C)C)(C(=O)O)S(=O)(=O)O. The van der Waals surface area contributed by atoms with Crippen LogP contribution < -0.4 is 0 Å². The standard InChI is InChI=1S/C12H22O9S/c1-7(2)20-5-9(10(13)14)12(11(15)16,22(17,18)19)6-21-8(3)4/h7-9H,5-6H2,1-4H3,(H,13,14)(H,15,16)(H,17,18,19). The van der Waals surface area contributed by atoms with Gasteiger partial charge in [0.2, 0.25) is 4.75 Å². The Hall–Kier alpha value is -1.23. The van der Waals surface area contributed by atoms with Gasteiger partial charge in [0.25, 0.3) is 10.1 Å². The van der Waals surface area contributed by atoms with Gasteiger partial charge in [0.05, 0.1) is 25.4 Å². The fourth-order valence-electron chi connectivity index (χ4n) is 1.66. The number of carboxylic acid groups (broad SMARTS) is 2. The van der Waals surface area contributed by atoms with E-state index in [-0.39, 0.29) is 0 Å². The van der Waals surface area contributed by atoms with Crippen molar-refractivity contribution in [3.05, 3.63) is 0 Å². The fourth-order valence-corrected chi connectivity index (χ4v) is 2.63. The van der Waals surface area contributed by atoms with Crippen LogP contribution in [0.2, 0.25) is 0 Å². The van der Waals surface area contributed by atoms with Crippen molar-refractivity contribution in [2.24, 2.45) is 5.92 Å². The molecule has 0 radical (unpaired) electrons. The molecule has 22 heavy (non-hydrogen) atoms. The highest BCUT2D eigenvalue weighted by atomic mass is 32.2. The molecule has 0 aliphatic carbocycles. The van der Waals surface area contributed by atoms with Crippen LogP contribution in [0.3, 0.4) is 0 Å². The van der Waals surface area contributed by atoms with Gasteiger partial charge < -0.3 is 19.7 Å². The largest absolute Gasteiger partial charge is 0.481 e. The summed E-state index contributed by atoms with van der Waals surface area (Å²) in [6.45, 7) is 4.44. The zero-order valence-corrected chi connectivity index (χ0v) is 13.7. The van der Waals surface area contributed by atoms with Gasteiger partial charge in [-0.1, -0.05) is 0 Å². The molecule has 0 aliphatic heterocycles. The van der Waals surface area contributed by atoms with Crippen LogP contribution in [0.5, 0.6) is 0 Å². The van der Waals surface area contributed by atoms with Gasteiger partial charge in [0.15, 0.2) is 0 Å². The first kappa shape index (κ1) is 20.8. The molecule has 3 N–H and O–H groups in total. The summed E-state index contributed by atoms with van der Waals surface area (Å²) in [6.07, 6.45) is -1.03. The molecule has 2 unspecified atom stereocenters. The van der Waals surface area contributed by atoms with Crippen LogP contribution in [0.25, 0.3) is 0 Å². The van der Waals surface area contributed by atoms with Crippen molar-refractivity contribution in [2.45, 2.75) is 44.6 Å².